The third-order valence-electron chi connectivity index (χ3n) is 7.82. The highest BCUT2D eigenvalue weighted by Gasteiger charge is 2.17. The fraction of sp³-hybridized carbons (Fsp3) is 0.176. The summed E-state index contributed by atoms with van der Waals surface area (Å²) in [7, 11) is 0. The first-order valence-electron chi connectivity index (χ1n) is 13.9. The molecule has 0 saturated heterocycles. The van der Waals surface area contributed by atoms with Gasteiger partial charge in [0.2, 0.25) is 0 Å². The summed E-state index contributed by atoms with van der Waals surface area (Å²) < 4.78 is 5.15. The Morgan fingerprint density at radius 3 is 0.950 bits per heavy atom. The molecule has 6 heteroatoms. The zero-order valence-electron chi connectivity index (χ0n) is 22.0. The Balaban J connectivity index is 1.33. The smallest absolute Gasteiger partial charge is 0.0587 e. The first kappa shape index (κ1) is 24.6. The van der Waals surface area contributed by atoms with Gasteiger partial charge in [0, 0.05) is 32.6 Å². The highest BCUT2D eigenvalue weighted by atomic mass is 32.1. The van der Waals surface area contributed by atoms with Crippen LogP contribution in [0, 0.1) is 0 Å². The van der Waals surface area contributed by atoms with Gasteiger partial charge in [-0.25, -0.2) is 0 Å². The lowest BCUT2D eigenvalue weighted by Crippen LogP contribution is -2.03. The van der Waals surface area contributed by atoms with Crippen LogP contribution in [-0.2, 0) is 13.1 Å². The first-order chi connectivity index (χ1) is 19.8. The van der Waals surface area contributed by atoms with Gasteiger partial charge in [-0.2, -0.15) is 0 Å². The summed E-state index contributed by atoms with van der Waals surface area (Å²) in [4.78, 5) is 10.6. The lowest BCUT2D eigenvalue weighted by molar-refractivity contribution is 0.548. The molecule has 10 bridgehead atoms. The summed E-state index contributed by atoms with van der Waals surface area (Å²) in [6, 6.07) is 27.6. The van der Waals surface area contributed by atoms with Crippen LogP contribution >= 0.6 is 45.3 Å². The van der Waals surface area contributed by atoms with Crippen molar-refractivity contribution in [2.24, 2.45) is 0 Å². The molecular formula is C34H28N2S4. The van der Waals surface area contributed by atoms with Gasteiger partial charge < -0.3 is 9.13 Å². The molecule has 8 heterocycles. The van der Waals surface area contributed by atoms with E-state index in [0.717, 1.165) is 13.1 Å². The molecule has 0 spiro atoms. The summed E-state index contributed by atoms with van der Waals surface area (Å²) in [5.41, 5.74) is 5.36. The molecule has 0 unspecified atom stereocenters. The Kier molecular flexibility index (Phi) is 6.37. The van der Waals surface area contributed by atoms with Crippen molar-refractivity contribution < 1.29 is 0 Å². The van der Waals surface area contributed by atoms with Crippen LogP contribution in [0.2, 0.25) is 0 Å². The molecule has 40 heavy (non-hydrogen) atoms. The maximum atomic E-state index is 2.57. The van der Waals surface area contributed by atoms with Gasteiger partial charge in [0.15, 0.2) is 0 Å². The van der Waals surface area contributed by atoms with E-state index in [9.17, 15) is 0 Å². The van der Waals surface area contributed by atoms with Crippen molar-refractivity contribution in [2.75, 3.05) is 0 Å². The van der Waals surface area contributed by atoms with Crippen LogP contribution in [0.15, 0.2) is 72.8 Å². The predicted molar refractivity (Wildman–Crippen MR) is 178 cm³/mol. The summed E-state index contributed by atoms with van der Waals surface area (Å²) >= 11 is 7.56. The number of thiophene rings is 4. The average molecular weight is 593 g/mol. The molecule has 6 aromatic heterocycles. The zero-order chi connectivity index (χ0) is 26.5. The van der Waals surface area contributed by atoms with Gasteiger partial charge in [-0.3, -0.25) is 0 Å². The average Bonchev–Trinajstić information content (AvgIpc) is 3.79. The van der Waals surface area contributed by atoms with E-state index in [1.54, 1.807) is 0 Å². The van der Waals surface area contributed by atoms with Crippen molar-refractivity contribution >= 4 is 69.7 Å². The van der Waals surface area contributed by atoms with Gasteiger partial charge in [0.05, 0.1) is 42.3 Å². The minimum absolute atomic E-state index is 1.05. The molecule has 0 amide bonds. The van der Waals surface area contributed by atoms with E-state index in [4.69, 9.17) is 0 Å². The normalized spacial score (nSPS) is 16.3. The lowest BCUT2D eigenvalue weighted by Gasteiger charge is -2.14. The fourth-order valence-corrected chi connectivity index (χ4v) is 9.60. The van der Waals surface area contributed by atoms with Crippen LogP contribution in [0.1, 0.15) is 45.2 Å². The van der Waals surface area contributed by atoms with Crippen LogP contribution in [0.3, 0.4) is 0 Å². The van der Waals surface area contributed by atoms with E-state index in [2.05, 4.69) is 106 Å². The molecule has 0 radical (unpaired) electrons. The second-order valence-corrected chi connectivity index (χ2v) is 14.9. The van der Waals surface area contributed by atoms with Gasteiger partial charge in [0.1, 0.15) is 0 Å². The van der Waals surface area contributed by atoms with Crippen LogP contribution < -0.4 is 0 Å². The van der Waals surface area contributed by atoms with Crippen LogP contribution in [0.5, 0.6) is 0 Å². The topological polar surface area (TPSA) is 9.86 Å². The second kappa shape index (κ2) is 10.3. The third kappa shape index (κ3) is 4.53. The maximum absolute atomic E-state index is 2.57. The van der Waals surface area contributed by atoms with Gasteiger partial charge in [-0.1, -0.05) is 12.8 Å². The van der Waals surface area contributed by atoms with E-state index < -0.39 is 0 Å². The van der Waals surface area contributed by atoms with Crippen molar-refractivity contribution in [2.45, 2.75) is 38.8 Å². The van der Waals surface area contributed by atoms with E-state index >= 15 is 0 Å². The molecule has 0 saturated carbocycles. The minimum Gasteiger partial charge on any atom is -0.339 e. The Labute approximate surface area is 250 Å². The molecule has 0 aliphatic carbocycles. The van der Waals surface area contributed by atoms with Crippen LogP contribution in [0.25, 0.3) is 66.6 Å². The summed E-state index contributed by atoms with van der Waals surface area (Å²) in [5.74, 6) is 0. The van der Waals surface area contributed by atoms with E-state index in [0.29, 0.717) is 0 Å². The third-order valence-corrected chi connectivity index (χ3v) is 12.1. The zero-order valence-corrected chi connectivity index (χ0v) is 25.3. The Morgan fingerprint density at radius 2 is 0.650 bits per heavy atom. The molecule has 2 nitrogen and oxygen atoms in total. The SMILES string of the molecule is C1=C\c2ccc(s2)-c2ccc3n2CCCCCCn2c(ccc2-c2ccc(s2)/C=C\c2ccc-3s2)-c2ccc/1s2. The molecule has 6 aromatic rings. The monoisotopic (exact) mass is 592 g/mol. The molecular weight excluding hydrogens is 565 g/mol. The minimum atomic E-state index is 1.05. The molecule has 0 atom stereocenters. The molecule has 198 valence electrons. The highest BCUT2D eigenvalue weighted by molar-refractivity contribution is 7.18. The molecule has 2 aliphatic heterocycles. The Bertz CT molecular complexity index is 1610. The Morgan fingerprint density at radius 1 is 0.350 bits per heavy atom. The standard InChI is InChI=1S/C34H28N2S4/c1-2-4-22-36-29-15-16-30(36)34-20-12-26(40-34)8-6-24-10-18-32(38-24)28-14-13-27(35(28)21-3-1)31-17-9-23(37-31)5-7-25-11-19-33(29)39-25/h5-20H,1-4,21-22H2/b7-5-,8-6-,23-5?,24-6?,25-7?,26-8?,31-27?,32-28?,33-29?,34-30?. The number of aromatic nitrogens is 2. The van der Waals surface area contributed by atoms with Crippen molar-refractivity contribution in [3.63, 3.8) is 0 Å². The van der Waals surface area contributed by atoms with Gasteiger partial charge >= 0.3 is 0 Å². The number of rotatable bonds is 0. The highest BCUT2D eigenvalue weighted by Crippen LogP contribution is 2.40. The molecule has 8 rings (SSSR count). The number of nitrogens with zero attached hydrogens (tertiary/aromatic N) is 2. The Hall–Kier alpha value is -3.16. The number of fused-ring (bicyclic) bond motifs is 17. The second-order valence-electron chi connectivity index (χ2n) is 10.4. The number of hydrogen-bond donors (Lipinski definition) is 0. The van der Waals surface area contributed by atoms with Crippen molar-refractivity contribution in [3.05, 3.63) is 92.3 Å². The van der Waals surface area contributed by atoms with E-state index in [1.807, 2.05) is 45.3 Å². The molecule has 2 aliphatic rings. The summed E-state index contributed by atoms with van der Waals surface area (Å²) in [6.45, 7) is 2.10. The molecule has 0 fully saturated rings. The molecule has 0 N–H and O–H groups in total. The quantitative estimate of drug-likeness (QED) is 0.166. The largest absolute Gasteiger partial charge is 0.339 e. The summed E-state index contributed by atoms with van der Waals surface area (Å²) in [5, 5.41) is 0. The summed E-state index contributed by atoms with van der Waals surface area (Å²) in [6.07, 6.45) is 14.0. The lowest BCUT2D eigenvalue weighted by atomic mass is 10.2. The van der Waals surface area contributed by atoms with Crippen LogP contribution in [0.4, 0.5) is 0 Å². The predicted octanol–water partition coefficient (Wildman–Crippen LogP) is 11.4. The van der Waals surface area contributed by atoms with E-state index in [-0.39, 0.29) is 0 Å². The molecule has 0 aromatic carbocycles. The maximum Gasteiger partial charge on any atom is 0.0587 e. The van der Waals surface area contributed by atoms with Gasteiger partial charge in [0.25, 0.3) is 0 Å². The van der Waals surface area contributed by atoms with Crippen molar-refractivity contribution in [1.29, 1.82) is 0 Å². The van der Waals surface area contributed by atoms with Crippen LogP contribution in [-0.4, -0.2) is 9.13 Å². The fourth-order valence-electron chi connectivity index (χ4n) is 5.82. The number of hydrogen-bond acceptors (Lipinski definition) is 4. The van der Waals surface area contributed by atoms with Gasteiger partial charge in [-0.15, -0.1) is 45.3 Å². The van der Waals surface area contributed by atoms with Gasteiger partial charge in [-0.05, 0) is 110 Å². The van der Waals surface area contributed by atoms with Crippen molar-refractivity contribution in [1.82, 2.24) is 9.13 Å². The van der Waals surface area contributed by atoms with Crippen molar-refractivity contribution in [3.8, 4) is 42.3 Å². The first-order valence-corrected chi connectivity index (χ1v) is 17.2. The van der Waals surface area contributed by atoms with E-state index in [1.165, 1.54) is 87.5 Å².